The molecule has 4 aromatic carbocycles. The Morgan fingerprint density at radius 1 is 0.463 bits per heavy atom. The lowest BCUT2D eigenvalue weighted by Gasteiger charge is -2.18. The molecule has 0 atom stereocenters. The SMILES string of the molecule is CCCCCCCCCCCCCCCCCCOc1ccc2c(S)c3c(S)c4ccccc4c(S)c3c(S)c2c1. The van der Waals surface area contributed by atoms with E-state index in [-0.39, 0.29) is 0 Å². The zero-order valence-electron chi connectivity index (χ0n) is 24.8. The summed E-state index contributed by atoms with van der Waals surface area (Å²) in [5.74, 6) is 0.883. The van der Waals surface area contributed by atoms with Gasteiger partial charge in [-0.05, 0) is 40.8 Å². The number of thiol groups is 4. The quantitative estimate of drug-likeness (QED) is 0.0489. The standard InChI is InChI=1S/C36H48OS4/c1-2-3-4-5-6-7-8-9-10-11-12-13-14-15-16-19-24-37-26-22-23-29-30(25-26)36(41)32-31(35(29)40)33(38)27-20-17-18-21-28(27)34(32)39/h17-18,20-23,25,38-41H,2-16,19,24H2,1H3. The molecule has 41 heavy (non-hydrogen) atoms. The molecule has 0 aliphatic rings. The second-order valence-electron chi connectivity index (χ2n) is 11.5. The third-order valence-electron chi connectivity index (χ3n) is 8.40. The van der Waals surface area contributed by atoms with Crippen molar-refractivity contribution in [1.82, 2.24) is 0 Å². The van der Waals surface area contributed by atoms with E-state index in [0.29, 0.717) is 0 Å². The van der Waals surface area contributed by atoms with Crippen molar-refractivity contribution in [3.05, 3.63) is 42.5 Å². The number of benzene rings is 4. The third-order valence-corrected chi connectivity index (χ3v) is 10.3. The minimum absolute atomic E-state index is 0.746. The van der Waals surface area contributed by atoms with Crippen LogP contribution in [0.5, 0.6) is 5.75 Å². The summed E-state index contributed by atoms with van der Waals surface area (Å²) < 4.78 is 6.17. The van der Waals surface area contributed by atoms with Crippen LogP contribution >= 0.6 is 50.5 Å². The number of rotatable bonds is 18. The summed E-state index contributed by atoms with van der Waals surface area (Å²) in [7, 11) is 0. The van der Waals surface area contributed by atoms with Crippen LogP contribution in [0.25, 0.3) is 32.3 Å². The summed E-state index contributed by atoms with van der Waals surface area (Å²) in [6.07, 6.45) is 22.0. The van der Waals surface area contributed by atoms with Gasteiger partial charge in [0.2, 0.25) is 0 Å². The van der Waals surface area contributed by atoms with Crippen molar-refractivity contribution in [2.45, 2.75) is 129 Å². The first-order valence-corrected chi connectivity index (χ1v) is 17.7. The molecule has 0 heterocycles. The Morgan fingerprint density at radius 3 is 1.32 bits per heavy atom. The van der Waals surface area contributed by atoms with Crippen LogP contribution in [-0.2, 0) is 0 Å². The van der Waals surface area contributed by atoms with Crippen molar-refractivity contribution in [2.24, 2.45) is 0 Å². The molecule has 0 N–H and O–H groups in total. The number of unbranched alkanes of at least 4 members (excludes halogenated alkanes) is 15. The fourth-order valence-electron chi connectivity index (χ4n) is 5.99. The first-order valence-electron chi connectivity index (χ1n) is 15.9. The lowest BCUT2D eigenvalue weighted by molar-refractivity contribution is 0.304. The number of fused-ring (bicyclic) bond motifs is 3. The highest BCUT2D eigenvalue weighted by atomic mass is 32.1. The Bertz CT molecular complexity index is 1410. The zero-order valence-corrected chi connectivity index (χ0v) is 28.3. The van der Waals surface area contributed by atoms with Crippen molar-refractivity contribution in [3.8, 4) is 5.75 Å². The van der Waals surface area contributed by atoms with Crippen molar-refractivity contribution < 1.29 is 4.74 Å². The van der Waals surface area contributed by atoms with Crippen LogP contribution < -0.4 is 4.74 Å². The van der Waals surface area contributed by atoms with Gasteiger partial charge in [-0.2, -0.15) is 0 Å². The first-order chi connectivity index (χ1) is 20.0. The van der Waals surface area contributed by atoms with E-state index in [4.69, 9.17) is 55.3 Å². The molecule has 0 fully saturated rings. The van der Waals surface area contributed by atoms with E-state index in [2.05, 4.69) is 37.3 Å². The maximum absolute atomic E-state index is 6.17. The highest BCUT2D eigenvalue weighted by Gasteiger charge is 2.18. The van der Waals surface area contributed by atoms with E-state index in [0.717, 1.165) is 70.7 Å². The Balaban J connectivity index is 1.19. The zero-order chi connectivity index (χ0) is 29.0. The van der Waals surface area contributed by atoms with Crippen LogP contribution in [0.15, 0.2) is 62.0 Å². The lowest BCUT2D eigenvalue weighted by Crippen LogP contribution is -1.98. The largest absolute Gasteiger partial charge is 0.494 e. The van der Waals surface area contributed by atoms with Crippen LogP contribution in [0.1, 0.15) is 110 Å². The number of ether oxygens (including phenoxy) is 1. The van der Waals surface area contributed by atoms with Crippen molar-refractivity contribution >= 4 is 82.8 Å². The van der Waals surface area contributed by atoms with Gasteiger partial charge in [-0.3, -0.25) is 0 Å². The van der Waals surface area contributed by atoms with E-state index < -0.39 is 0 Å². The van der Waals surface area contributed by atoms with Crippen LogP contribution in [0, 0.1) is 0 Å². The van der Waals surface area contributed by atoms with E-state index in [9.17, 15) is 0 Å². The lowest BCUT2D eigenvalue weighted by atomic mass is 9.98. The van der Waals surface area contributed by atoms with Gasteiger partial charge in [0.15, 0.2) is 0 Å². The molecule has 0 saturated heterocycles. The summed E-state index contributed by atoms with van der Waals surface area (Å²) in [6.45, 7) is 3.04. The minimum atomic E-state index is 0.746. The van der Waals surface area contributed by atoms with Crippen molar-refractivity contribution in [1.29, 1.82) is 0 Å². The Labute approximate surface area is 270 Å². The highest BCUT2D eigenvalue weighted by molar-refractivity contribution is 7.83. The monoisotopic (exact) mass is 624 g/mol. The van der Waals surface area contributed by atoms with Gasteiger partial charge in [0.05, 0.1) is 6.61 Å². The summed E-state index contributed by atoms with van der Waals surface area (Å²) in [4.78, 5) is 3.63. The highest BCUT2D eigenvalue weighted by Crippen LogP contribution is 2.46. The van der Waals surface area contributed by atoms with Crippen molar-refractivity contribution in [3.63, 3.8) is 0 Å². The van der Waals surface area contributed by atoms with E-state index in [1.807, 2.05) is 12.1 Å². The average molecular weight is 625 g/mol. The molecule has 0 saturated carbocycles. The van der Waals surface area contributed by atoms with Gasteiger partial charge in [0.1, 0.15) is 5.75 Å². The maximum Gasteiger partial charge on any atom is 0.119 e. The second-order valence-corrected chi connectivity index (χ2v) is 13.3. The molecule has 5 heteroatoms. The van der Waals surface area contributed by atoms with Crippen LogP contribution in [0.2, 0.25) is 0 Å². The summed E-state index contributed by atoms with van der Waals surface area (Å²) >= 11 is 19.8. The predicted molar refractivity (Wildman–Crippen MR) is 193 cm³/mol. The Hall–Kier alpha value is -1.14. The molecule has 4 rings (SSSR count). The molecule has 0 bridgehead atoms. The van der Waals surface area contributed by atoms with Gasteiger partial charge in [-0.1, -0.05) is 128 Å². The topological polar surface area (TPSA) is 9.23 Å². The molecule has 0 spiro atoms. The van der Waals surface area contributed by atoms with E-state index >= 15 is 0 Å². The summed E-state index contributed by atoms with van der Waals surface area (Å²) in [5, 5.41) is 6.24. The van der Waals surface area contributed by atoms with Crippen LogP contribution in [0.4, 0.5) is 0 Å². The summed E-state index contributed by atoms with van der Waals surface area (Å²) in [6, 6.07) is 14.5. The van der Waals surface area contributed by atoms with Gasteiger partial charge in [-0.15, -0.1) is 50.5 Å². The molecule has 0 aromatic heterocycles. The van der Waals surface area contributed by atoms with Crippen LogP contribution in [0.3, 0.4) is 0 Å². The first kappa shape index (κ1) is 32.8. The van der Waals surface area contributed by atoms with E-state index in [1.54, 1.807) is 0 Å². The van der Waals surface area contributed by atoms with Gasteiger partial charge in [0, 0.05) is 35.7 Å². The predicted octanol–water partition coefficient (Wildman–Crippen LogP) is 12.9. The molecule has 4 aromatic rings. The normalized spacial score (nSPS) is 11.7. The minimum Gasteiger partial charge on any atom is -0.494 e. The van der Waals surface area contributed by atoms with Gasteiger partial charge in [0.25, 0.3) is 0 Å². The Morgan fingerprint density at radius 2 is 0.854 bits per heavy atom. The molecule has 0 amide bonds. The summed E-state index contributed by atoms with van der Waals surface area (Å²) in [5.41, 5.74) is 0. The number of hydrogen-bond donors (Lipinski definition) is 4. The van der Waals surface area contributed by atoms with Gasteiger partial charge < -0.3 is 4.74 Å². The molecular formula is C36H48OS4. The molecule has 222 valence electrons. The Kier molecular flexibility index (Phi) is 13.8. The molecule has 1 nitrogen and oxygen atoms in total. The second kappa shape index (κ2) is 17.2. The average Bonchev–Trinajstić information content (AvgIpc) is 2.99. The van der Waals surface area contributed by atoms with E-state index in [1.165, 1.54) is 96.3 Å². The molecule has 0 radical (unpaired) electrons. The fraction of sp³-hybridized carbons (Fsp3) is 0.500. The molecule has 0 aliphatic heterocycles. The van der Waals surface area contributed by atoms with Crippen LogP contribution in [-0.4, -0.2) is 6.61 Å². The maximum atomic E-state index is 6.17. The van der Waals surface area contributed by atoms with Gasteiger partial charge >= 0.3 is 0 Å². The smallest absolute Gasteiger partial charge is 0.119 e. The molecular weight excluding hydrogens is 577 g/mol. The molecule has 0 aliphatic carbocycles. The molecule has 0 unspecified atom stereocenters. The van der Waals surface area contributed by atoms with Crippen molar-refractivity contribution in [2.75, 3.05) is 6.61 Å². The third kappa shape index (κ3) is 8.71. The van der Waals surface area contributed by atoms with Gasteiger partial charge in [-0.25, -0.2) is 0 Å². The fourth-order valence-corrected chi connectivity index (χ4v) is 7.83. The number of hydrogen-bond acceptors (Lipinski definition) is 5.